The van der Waals surface area contributed by atoms with E-state index in [1.807, 2.05) is 12.1 Å². The molecule has 3 aromatic rings. The number of amides is 1. The number of aryl methyl sites for hydroxylation is 1. The fourth-order valence-corrected chi connectivity index (χ4v) is 2.56. The van der Waals surface area contributed by atoms with Gasteiger partial charge in [-0.05, 0) is 29.8 Å². The summed E-state index contributed by atoms with van der Waals surface area (Å²) in [6, 6.07) is 12.0. The predicted octanol–water partition coefficient (Wildman–Crippen LogP) is 4.01. The van der Waals surface area contributed by atoms with Gasteiger partial charge >= 0.3 is 6.18 Å². The molecule has 2 aromatic carbocycles. The van der Waals surface area contributed by atoms with Crippen LogP contribution in [-0.2, 0) is 23.9 Å². The second-order valence-electron chi connectivity index (χ2n) is 6.22. The van der Waals surface area contributed by atoms with E-state index in [2.05, 4.69) is 15.5 Å². The summed E-state index contributed by atoms with van der Waals surface area (Å²) in [5.74, 6) is 0.745. The fourth-order valence-electron chi connectivity index (χ4n) is 2.56. The van der Waals surface area contributed by atoms with Gasteiger partial charge in [-0.15, -0.1) is 0 Å². The summed E-state index contributed by atoms with van der Waals surface area (Å²) in [7, 11) is 1.58. The zero-order valence-electron chi connectivity index (χ0n) is 15.5. The molecule has 0 fully saturated rings. The molecule has 0 aliphatic carbocycles. The first kappa shape index (κ1) is 20.4. The van der Waals surface area contributed by atoms with Gasteiger partial charge in [0.1, 0.15) is 5.75 Å². The average molecular weight is 405 g/mol. The van der Waals surface area contributed by atoms with Crippen LogP contribution in [0.2, 0.25) is 0 Å². The van der Waals surface area contributed by atoms with E-state index in [9.17, 15) is 18.0 Å². The van der Waals surface area contributed by atoms with E-state index in [-0.39, 0.29) is 36.0 Å². The number of ether oxygens (including phenoxy) is 1. The molecule has 0 atom stereocenters. The van der Waals surface area contributed by atoms with Gasteiger partial charge in [-0.2, -0.15) is 18.2 Å². The number of alkyl halides is 3. The van der Waals surface area contributed by atoms with E-state index < -0.39 is 11.7 Å². The molecule has 3 rings (SSSR count). The van der Waals surface area contributed by atoms with Gasteiger partial charge in [-0.3, -0.25) is 4.79 Å². The number of carbonyl (C=O) groups excluding carboxylic acids is 1. The van der Waals surface area contributed by atoms with Crippen LogP contribution in [0.1, 0.15) is 23.4 Å². The monoisotopic (exact) mass is 405 g/mol. The molecular weight excluding hydrogens is 387 g/mol. The number of hydrogen-bond acceptors (Lipinski definition) is 5. The highest BCUT2D eigenvalue weighted by Gasteiger charge is 2.30. The first-order valence-corrected chi connectivity index (χ1v) is 8.75. The highest BCUT2D eigenvalue weighted by atomic mass is 19.4. The Morgan fingerprint density at radius 3 is 2.62 bits per heavy atom. The van der Waals surface area contributed by atoms with Gasteiger partial charge < -0.3 is 14.6 Å². The number of benzene rings is 2. The highest BCUT2D eigenvalue weighted by molar-refractivity contribution is 5.76. The second kappa shape index (κ2) is 8.76. The second-order valence-corrected chi connectivity index (χ2v) is 6.22. The Morgan fingerprint density at radius 2 is 1.93 bits per heavy atom. The molecule has 6 nitrogen and oxygen atoms in total. The van der Waals surface area contributed by atoms with Gasteiger partial charge in [-0.25, -0.2) is 0 Å². The van der Waals surface area contributed by atoms with Crippen molar-refractivity contribution < 1.29 is 27.2 Å². The zero-order chi connectivity index (χ0) is 20.9. The molecule has 1 amide bonds. The number of halogens is 3. The Balaban J connectivity index is 1.53. The van der Waals surface area contributed by atoms with Crippen molar-refractivity contribution in [1.82, 2.24) is 15.5 Å². The van der Waals surface area contributed by atoms with Gasteiger partial charge in [0.2, 0.25) is 17.6 Å². The summed E-state index contributed by atoms with van der Waals surface area (Å²) in [6.07, 6.45) is -4.16. The molecule has 0 aliphatic rings. The number of carbonyl (C=O) groups is 1. The topological polar surface area (TPSA) is 77.2 Å². The summed E-state index contributed by atoms with van der Waals surface area (Å²) in [6.45, 7) is 0.363. The molecule has 0 unspecified atom stereocenters. The number of methoxy groups -OCH3 is 1. The van der Waals surface area contributed by atoms with Crippen molar-refractivity contribution in [3.63, 3.8) is 0 Å². The molecule has 1 N–H and O–H groups in total. The summed E-state index contributed by atoms with van der Waals surface area (Å²) in [5.41, 5.74) is 0.321. The van der Waals surface area contributed by atoms with Crippen LogP contribution in [0.3, 0.4) is 0 Å². The Kier molecular flexibility index (Phi) is 6.16. The Hall–Kier alpha value is -3.36. The molecule has 0 radical (unpaired) electrons. The lowest BCUT2D eigenvalue weighted by Crippen LogP contribution is -2.23. The number of rotatable bonds is 7. The molecule has 9 heteroatoms. The van der Waals surface area contributed by atoms with E-state index in [0.29, 0.717) is 6.54 Å². The standard InChI is InChI=1S/C20H18F3N3O3/c1-28-16-7-5-13(6-8-16)12-24-17(27)9-10-18-25-19(26-29-18)14-3-2-4-15(11-14)20(21,22)23/h2-8,11H,9-10,12H2,1H3,(H,24,27). The molecule has 29 heavy (non-hydrogen) atoms. The minimum atomic E-state index is -4.45. The third-order valence-electron chi connectivity index (χ3n) is 4.13. The van der Waals surface area contributed by atoms with Crippen LogP contribution < -0.4 is 10.1 Å². The van der Waals surface area contributed by atoms with Crippen molar-refractivity contribution in [3.05, 3.63) is 65.5 Å². The van der Waals surface area contributed by atoms with Crippen molar-refractivity contribution in [2.45, 2.75) is 25.6 Å². The third-order valence-corrected chi connectivity index (χ3v) is 4.13. The summed E-state index contributed by atoms with van der Waals surface area (Å²) in [4.78, 5) is 16.1. The van der Waals surface area contributed by atoms with Crippen LogP contribution >= 0.6 is 0 Å². The normalized spacial score (nSPS) is 11.3. The number of nitrogens with zero attached hydrogens (tertiary/aromatic N) is 2. The quantitative estimate of drug-likeness (QED) is 0.643. The van der Waals surface area contributed by atoms with Crippen LogP contribution in [-0.4, -0.2) is 23.2 Å². The van der Waals surface area contributed by atoms with Crippen molar-refractivity contribution in [1.29, 1.82) is 0 Å². The van der Waals surface area contributed by atoms with Gasteiger partial charge in [0.05, 0.1) is 12.7 Å². The van der Waals surface area contributed by atoms with Crippen LogP contribution in [0.15, 0.2) is 53.1 Å². The Morgan fingerprint density at radius 1 is 1.17 bits per heavy atom. The largest absolute Gasteiger partial charge is 0.497 e. The maximum absolute atomic E-state index is 12.8. The molecule has 0 bridgehead atoms. The summed E-state index contributed by atoms with van der Waals surface area (Å²) in [5, 5.41) is 6.48. The number of hydrogen-bond donors (Lipinski definition) is 1. The van der Waals surface area contributed by atoms with Crippen molar-refractivity contribution in [2.75, 3.05) is 7.11 Å². The van der Waals surface area contributed by atoms with E-state index in [4.69, 9.17) is 9.26 Å². The van der Waals surface area contributed by atoms with Gasteiger partial charge in [0.25, 0.3) is 0 Å². The molecule has 0 saturated carbocycles. The SMILES string of the molecule is COc1ccc(CNC(=O)CCc2nc(-c3cccc(C(F)(F)F)c3)no2)cc1. The van der Waals surface area contributed by atoms with E-state index >= 15 is 0 Å². The van der Waals surface area contributed by atoms with Crippen LogP contribution in [0.25, 0.3) is 11.4 Å². The summed E-state index contributed by atoms with van der Waals surface area (Å²) >= 11 is 0. The van der Waals surface area contributed by atoms with Crippen molar-refractivity contribution in [3.8, 4) is 17.1 Å². The Labute approximate surface area is 164 Å². The number of nitrogens with one attached hydrogen (secondary N) is 1. The summed E-state index contributed by atoms with van der Waals surface area (Å²) < 4.78 is 48.6. The molecule has 0 saturated heterocycles. The third kappa shape index (κ3) is 5.56. The van der Waals surface area contributed by atoms with Crippen LogP contribution in [0, 0.1) is 0 Å². The van der Waals surface area contributed by atoms with Gasteiger partial charge in [0.15, 0.2) is 0 Å². The van der Waals surface area contributed by atoms with Crippen molar-refractivity contribution in [2.24, 2.45) is 0 Å². The Bertz CT molecular complexity index is 969. The average Bonchev–Trinajstić information content (AvgIpc) is 3.20. The predicted molar refractivity (Wildman–Crippen MR) is 97.9 cm³/mol. The maximum Gasteiger partial charge on any atom is 0.416 e. The van der Waals surface area contributed by atoms with Crippen molar-refractivity contribution >= 4 is 5.91 Å². The first-order valence-electron chi connectivity index (χ1n) is 8.75. The molecule has 1 heterocycles. The van der Waals surface area contributed by atoms with Gasteiger partial charge in [0, 0.05) is 24.9 Å². The molecule has 152 valence electrons. The van der Waals surface area contributed by atoms with Crippen LogP contribution in [0.5, 0.6) is 5.75 Å². The smallest absolute Gasteiger partial charge is 0.416 e. The first-order chi connectivity index (χ1) is 13.8. The maximum atomic E-state index is 12.8. The fraction of sp³-hybridized carbons (Fsp3) is 0.250. The molecule has 0 spiro atoms. The number of aromatic nitrogens is 2. The van der Waals surface area contributed by atoms with E-state index in [1.165, 1.54) is 12.1 Å². The lowest BCUT2D eigenvalue weighted by Gasteiger charge is -2.06. The minimum absolute atomic E-state index is 0.0461. The molecular formula is C20H18F3N3O3. The minimum Gasteiger partial charge on any atom is -0.497 e. The van der Waals surface area contributed by atoms with Crippen LogP contribution in [0.4, 0.5) is 13.2 Å². The van der Waals surface area contributed by atoms with E-state index in [0.717, 1.165) is 23.4 Å². The highest BCUT2D eigenvalue weighted by Crippen LogP contribution is 2.31. The lowest BCUT2D eigenvalue weighted by atomic mass is 10.1. The van der Waals surface area contributed by atoms with Gasteiger partial charge in [-0.1, -0.05) is 29.4 Å². The molecule has 1 aromatic heterocycles. The van der Waals surface area contributed by atoms with E-state index in [1.54, 1.807) is 19.2 Å². The zero-order valence-corrected chi connectivity index (χ0v) is 15.5. The lowest BCUT2D eigenvalue weighted by molar-refractivity contribution is -0.137. The molecule has 0 aliphatic heterocycles.